The normalized spacial score (nSPS) is 20.5. The first kappa shape index (κ1) is 14.9. The Morgan fingerprint density at radius 2 is 1.95 bits per heavy atom. The lowest BCUT2D eigenvalue weighted by Gasteiger charge is -2.22. The van der Waals surface area contributed by atoms with Gasteiger partial charge in [0.25, 0.3) is 0 Å². The Bertz CT molecular complexity index is 634. The van der Waals surface area contributed by atoms with Crippen LogP contribution in [0.4, 0.5) is 0 Å². The standard InChI is InChI=1S/C10H16N2O4S3/c11-7-9-1-2-10(17-9)19(15,16)12-8-3-5-18(13,14)6-4-8/h1-2,8,12H,3-7,11H2. The van der Waals surface area contributed by atoms with Crippen LogP contribution < -0.4 is 10.5 Å². The summed E-state index contributed by atoms with van der Waals surface area (Å²) in [5, 5.41) is 0. The monoisotopic (exact) mass is 324 g/mol. The Balaban J connectivity index is 2.06. The molecule has 9 heteroatoms. The second-order valence-electron chi connectivity index (χ2n) is 4.47. The van der Waals surface area contributed by atoms with E-state index >= 15 is 0 Å². The molecule has 0 saturated carbocycles. The van der Waals surface area contributed by atoms with Crippen LogP contribution in [0, 0.1) is 0 Å². The van der Waals surface area contributed by atoms with Crippen LogP contribution in [0.5, 0.6) is 0 Å². The van der Waals surface area contributed by atoms with E-state index in [1.807, 2.05) is 0 Å². The first-order valence-corrected chi connectivity index (χ1v) is 9.96. The lowest BCUT2D eigenvalue weighted by molar-refractivity contribution is 0.506. The smallest absolute Gasteiger partial charge is 0.250 e. The van der Waals surface area contributed by atoms with Gasteiger partial charge in [-0.05, 0) is 25.0 Å². The van der Waals surface area contributed by atoms with E-state index in [0.717, 1.165) is 16.2 Å². The van der Waals surface area contributed by atoms with E-state index in [2.05, 4.69) is 4.72 Å². The van der Waals surface area contributed by atoms with Crippen molar-refractivity contribution >= 4 is 31.2 Å². The largest absolute Gasteiger partial charge is 0.326 e. The molecule has 0 spiro atoms. The summed E-state index contributed by atoms with van der Waals surface area (Å²) in [4.78, 5) is 0.798. The summed E-state index contributed by atoms with van der Waals surface area (Å²) in [6.45, 7) is 0.307. The second-order valence-corrected chi connectivity index (χ2v) is 9.89. The summed E-state index contributed by atoms with van der Waals surface area (Å²) in [5.41, 5.74) is 5.45. The molecule has 1 fully saturated rings. The third-order valence-corrected chi connectivity index (χ3v) is 7.81. The summed E-state index contributed by atoms with van der Waals surface area (Å²) >= 11 is 1.13. The van der Waals surface area contributed by atoms with Crippen molar-refractivity contribution in [3.63, 3.8) is 0 Å². The van der Waals surface area contributed by atoms with E-state index in [1.165, 1.54) is 6.07 Å². The van der Waals surface area contributed by atoms with Gasteiger partial charge in [-0.2, -0.15) is 0 Å². The molecule has 3 N–H and O–H groups in total. The summed E-state index contributed by atoms with van der Waals surface area (Å²) in [6.07, 6.45) is 0.660. The Kier molecular flexibility index (Phi) is 4.31. The number of hydrogen-bond donors (Lipinski definition) is 2. The first-order valence-electron chi connectivity index (χ1n) is 5.84. The van der Waals surface area contributed by atoms with E-state index in [9.17, 15) is 16.8 Å². The summed E-state index contributed by atoms with van der Waals surface area (Å²) in [6, 6.07) is 2.90. The quantitative estimate of drug-likeness (QED) is 0.814. The van der Waals surface area contributed by atoms with Crippen LogP contribution in [0.15, 0.2) is 16.3 Å². The minimum atomic E-state index is -3.57. The molecule has 108 valence electrons. The molecule has 0 radical (unpaired) electrons. The summed E-state index contributed by atoms with van der Waals surface area (Å²) in [5.74, 6) is 0.0807. The van der Waals surface area contributed by atoms with E-state index in [1.54, 1.807) is 6.07 Å². The molecule has 0 bridgehead atoms. The molecule has 6 nitrogen and oxygen atoms in total. The van der Waals surface area contributed by atoms with E-state index in [4.69, 9.17) is 5.73 Å². The third kappa shape index (κ3) is 3.76. The van der Waals surface area contributed by atoms with E-state index in [-0.39, 0.29) is 21.8 Å². The first-order chi connectivity index (χ1) is 8.82. The van der Waals surface area contributed by atoms with Crippen LogP contribution in [0.2, 0.25) is 0 Å². The fraction of sp³-hybridized carbons (Fsp3) is 0.600. The molecule has 1 saturated heterocycles. The topological polar surface area (TPSA) is 106 Å². The van der Waals surface area contributed by atoms with Crippen LogP contribution in [-0.4, -0.2) is 34.4 Å². The Labute approximate surface area is 117 Å². The van der Waals surface area contributed by atoms with Crippen LogP contribution >= 0.6 is 11.3 Å². The van der Waals surface area contributed by atoms with E-state index < -0.39 is 19.9 Å². The number of rotatable bonds is 4. The van der Waals surface area contributed by atoms with Gasteiger partial charge in [-0.25, -0.2) is 21.6 Å². The molecular weight excluding hydrogens is 308 g/mol. The van der Waals surface area contributed by atoms with Gasteiger partial charge < -0.3 is 5.73 Å². The van der Waals surface area contributed by atoms with Gasteiger partial charge in [0.1, 0.15) is 14.0 Å². The van der Waals surface area contributed by atoms with Crippen molar-refractivity contribution in [2.45, 2.75) is 29.6 Å². The predicted molar refractivity (Wildman–Crippen MR) is 74.2 cm³/mol. The maximum absolute atomic E-state index is 12.1. The van der Waals surface area contributed by atoms with Crippen LogP contribution in [0.3, 0.4) is 0 Å². The Hall–Kier alpha value is -0.480. The fourth-order valence-electron chi connectivity index (χ4n) is 1.90. The average Bonchev–Trinajstić information content (AvgIpc) is 2.81. The molecule has 1 aromatic heterocycles. The molecule has 1 aliphatic heterocycles. The van der Waals surface area contributed by atoms with Crippen molar-refractivity contribution in [1.29, 1.82) is 0 Å². The fourth-order valence-corrected chi connectivity index (χ4v) is 5.95. The van der Waals surface area contributed by atoms with Crippen LogP contribution in [0.25, 0.3) is 0 Å². The molecule has 2 heterocycles. The lowest BCUT2D eigenvalue weighted by atomic mass is 10.2. The van der Waals surface area contributed by atoms with Crippen molar-refractivity contribution in [3.05, 3.63) is 17.0 Å². The lowest BCUT2D eigenvalue weighted by Crippen LogP contribution is -2.40. The van der Waals surface area contributed by atoms with Crippen molar-refractivity contribution in [2.75, 3.05) is 11.5 Å². The maximum Gasteiger partial charge on any atom is 0.250 e. The molecule has 1 aliphatic rings. The minimum absolute atomic E-state index is 0.0404. The number of nitrogens with two attached hydrogens (primary N) is 1. The van der Waals surface area contributed by atoms with Gasteiger partial charge in [0.2, 0.25) is 10.0 Å². The van der Waals surface area contributed by atoms with Gasteiger partial charge in [0.15, 0.2) is 0 Å². The molecule has 1 aromatic rings. The van der Waals surface area contributed by atoms with Gasteiger partial charge in [-0.3, -0.25) is 0 Å². The Morgan fingerprint density at radius 3 is 2.47 bits per heavy atom. The number of hydrogen-bond acceptors (Lipinski definition) is 6. The maximum atomic E-state index is 12.1. The second kappa shape index (κ2) is 5.49. The molecule has 0 amide bonds. The van der Waals surface area contributed by atoms with Crippen molar-refractivity contribution in [2.24, 2.45) is 5.73 Å². The predicted octanol–water partition coefficient (Wildman–Crippen LogP) is 0.0623. The zero-order valence-corrected chi connectivity index (χ0v) is 12.7. The van der Waals surface area contributed by atoms with Crippen molar-refractivity contribution in [3.8, 4) is 0 Å². The summed E-state index contributed by atoms with van der Waals surface area (Å²) in [7, 11) is -6.55. The number of thiophene rings is 1. The highest BCUT2D eigenvalue weighted by Crippen LogP contribution is 2.22. The zero-order chi connectivity index (χ0) is 14.1. The molecule has 0 unspecified atom stereocenters. The van der Waals surface area contributed by atoms with Crippen LogP contribution in [-0.2, 0) is 26.4 Å². The molecule has 2 rings (SSSR count). The van der Waals surface area contributed by atoms with Gasteiger partial charge in [0.05, 0.1) is 11.5 Å². The number of nitrogens with one attached hydrogen (secondary N) is 1. The highest BCUT2D eigenvalue weighted by Gasteiger charge is 2.28. The van der Waals surface area contributed by atoms with Crippen molar-refractivity contribution < 1.29 is 16.8 Å². The molecule has 19 heavy (non-hydrogen) atoms. The number of sulfone groups is 1. The minimum Gasteiger partial charge on any atom is -0.326 e. The molecule has 0 atom stereocenters. The number of sulfonamides is 1. The molecule has 0 aliphatic carbocycles. The highest BCUT2D eigenvalue weighted by molar-refractivity contribution is 7.92. The SMILES string of the molecule is NCc1ccc(S(=O)(=O)NC2CCS(=O)(=O)CC2)s1. The van der Waals surface area contributed by atoms with Gasteiger partial charge in [-0.15, -0.1) is 11.3 Å². The van der Waals surface area contributed by atoms with Gasteiger partial charge >= 0.3 is 0 Å². The van der Waals surface area contributed by atoms with Gasteiger partial charge in [-0.1, -0.05) is 0 Å². The zero-order valence-electron chi connectivity index (χ0n) is 10.2. The summed E-state index contributed by atoms with van der Waals surface area (Å²) < 4.78 is 49.6. The van der Waals surface area contributed by atoms with Crippen LogP contribution in [0.1, 0.15) is 17.7 Å². The van der Waals surface area contributed by atoms with Gasteiger partial charge in [0, 0.05) is 17.5 Å². The Morgan fingerprint density at radius 1 is 1.32 bits per heavy atom. The van der Waals surface area contributed by atoms with Crippen molar-refractivity contribution in [1.82, 2.24) is 4.72 Å². The van der Waals surface area contributed by atoms with E-state index in [0.29, 0.717) is 19.4 Å². The average molecular weight is 324 g/mol. The third-order valence-electron chi connectivity index (χ3n) is 2.98. The highest BCUT2D eigenvalue weighted by atomic mass is 32.2. The molecule has 0 aromatic carbocycles. The molecular formula is C10H16N2O4S3.